The van der Waals surface area contributed by atoms with Gasteiger partial charge < -0.3 is 15.2 Å². The summed E-state index contributed by atoms with van der Waals surface area (Å²) in [5.74, 6) is 0.334. The maximum atomic E-state index is 12.5. The molecule has 3 aromatic carbocycles. The number of carbonyl (C=O) groups excluding carboxylic acids is 1. The predicted octanol–water partition coefficient (Wildman–Crippen LogP) is 3.30. The van der Waals surface area contributed by atoms with E-state index in [1.165, 1.54) is 19.4 Å². The number of primary amides is 1. The van der Waals surface area contributed by atoms with E-state index in [4.69, 9.17) is 15.2 Å². The summed E-state index contributed by atoms with van der Waals surface area (Å²) in [5, 5.41) is 3.89. The van der Waals surface area contributed by atoms with Gasteiger partial charge >= 0.3 is 0 Å². The molecular formula is C24H25N3O5S. The summed E-state index contributed by atoms with van der Waals surface area (Å²) < 4.78 is 36.2. The van der Waals surface area contributed by atoms with E-state index in [-0.39, 0.29) is 17.1 Å². The third-order valence-corrected chi connectivity index (χ3v) is 6.24. The second-order valence-corrected chi connectivity index (χ2v) is 8.98. The number of aryl methyl sites for hydroxylation is 2. The number of nitrogens with zero attached hydrogens (tertiary/aromatic N) is 1. The largest absolute Gasteiger partial charge is 0.496 e. The number of carbonyl (C=O) groups is 1. The highest BCUT2D eigenvalue weighted by atomic mass is 32.2. The zero-order valence-electron chi connectivity index (χ0n) is 18.5. The maximum absolute atomic E-state index is 12.5. The minimum absolute atomic E-state index is 0.101. The van der Waals surface area contributed by atoms with E-state index in [1.54, 1.807) is 54.6 Å². The lowest BCUT2D eigenvalue weighted by atomic mass is 10.1. The quantitative estimate of drug-likeness (QED) is 0.370. The van der Waals surface area contributed by atoms with E-state index in [0.717, 1.165) is 11.1 Å². The van der Waals surface area contributed by atoms with E-state index >= 15 is 0 Å². The van der Waals surface area contributed by atoms with Crippen molar-refractivity contribution in [2.45, 2.75) is 25.3 Å². The standard InChI is InChI=1S/C24H25N3O5S/c1-16-8-10-20(12-17(16)2)33(29,30)27-26-14-18-9-11-22(31-3)19(13-18)15-32-23-7-5-4-6-21(23)24(25)28/h4-14,27H,15H2,1-3H3,(H2,25,28)/b26-14+. The van der Waals surface area contributed by atoms with Crippen LogP contribution >= 0.6 is 0 Å². The lowest BCUT2D eigenvalue weighted by molar-refractivity contribution is 0.0996. The smallest absolute Gasteiger partial charge is 0.276 e. The SMILES string of the molecule is COc1ccc(/C=N/NS(=O)(=O)c2ccc(C)c(C)c2)cc1COc1ccccc1C(N)=O. The van der Waals surface area contributed by atoms with Crippen LogP contribution in [0.4, 0.5) is 0 Å². The van der Waals surface area contributed by atoms with E-state index < -0.39 is 15.9 Å². The van der Waals surface area contributed by atoms with Crippen LogP contribution in [-0.2, 0) is 16.6 Å². The molecule has 8 nitrogen and oxygen atoms in total. The Morgan fingerprint density at radius 3 is 2.48 bits per heavy atom. The molecule has 0 aromatic heterocycles. The number of ether oxygens (including phenoxy) is 2. The first-order valence-corrected chi connectivity index (χ1v) is 11.5. The average Bonchev–Trinajstić information content (AvgIpc) is 2.79. The van der Waals surface area contributed by atoms with Crippen LogP contribution in [0, 0.1) is 13.8 Å². The van der Waals surface area contributed by atoms with Crippen LogP contribution in [0.5, 0.6) is 11.5 Å². The number of rotatable bonds is 9. The molecule has 0 aliphatic heterocycles. The molecule has 0 saturated heterocycles. The fourth-order valence-electron chi connectivity index (χ4n) is 3.05. The van der Waals surface area contributed by atoms with Gasteiger partial charge in [0, 0.05) is 5.56 Å². The molecule has 0 aliphatic rings. The van der Waals surface area contributed by atoms with Gasteiger partial charge in [0.2, 0.25) is 0 Å². The third kappa shape index (κ3) is 5.89. The van der Waals surface area contributed by atoms with Crippen molar-refractivity contribution in [3.63, 3.8) is 0 Å². The van der Waals surface area contributed by atoms with Crippen molar-refractivity contribution in [3.8, 4) is 11.5 Å². The van der Waals surface area contributed by atoms with Crippen LogP contribution in [0.25, 0.3) is 0 Å². The zero-order valence-corrected chi connectivity index (χ0v) is 19.3. The Hall–Kier alpha value is -3.85. The van der Waals surface area contributed by atoms with Crippen molar-refractivity contribution >= 4 is 22.1 Å². The van der Waals surface area contributed by atoms with Crippen molar-refractivity contribution in [2.24, 2.45) is 10.8 Å². The Labute approximate surface area is 193 Å². The Kier molecular flexibility index (Phi) is 7.34. The van der Waals surface area contributed by atoms with Gasteiger partial charge in [0.25, 0.3) is 15.9 Å². The summed E-state index contributed by atoms with van der Waals surface area (Å²) in [4.78, 5) is 14.0. The van der Waals surface area contributed by atoms with Gasteiger partial charge in [0.15, 0.2) is 0 Å². The van der Waals surface area contributed by atoms with Gasteiger partial charge in [-0.25, -0.2) is 4.83 Å². The number of para-hydroxylation sites is 1. The predicted molar refractivity (Wildman–Crippen MR) is 126 cm³/mol. The first-order chi connectivity index (χ1) is 15.7. The molecule has 33 heavy (non-hydrogen) atoms. The lowest BCUT2D eigenvalue weighted by Gasteiger charge is -2.13. The van der Waals surface area contributed by atoms with Crippen molar-refractivity contribution < 1.29 is 22.7 Å². The second-order valence-electron chi connectivity index (χ2n) is 7.32. The zero-order chi connectivity index (χ0) is 24.0. The fourth-order valence-corrected chi connectivity index (χ4v) is 3.92. The number of nitrogens with one attached hydrogen (secondary N) is 1. The molecule has 3 aromatic rings. The molecule has 0 spiro atoms. The number of amides is 1. The molecule has 0 radical (unpaired) electrons. The Balaban J connectivity index is 1.76. The van der Waals surface area contributed by atoms with Crippen molar-refractivity contribution in [3.05, 3.63) is 88.5 Å². The summed E-state index contributed by atoms with van der Waals surface area (Å²) in [5.41, 5.74) is 8.85. The van der Waals surface area contributed by atoms with E-state index in [1.807, 2.05) is 13.8 Å². The van der Waals surface area contributed by atoms with Gasteiger partial charge in [0.05, 0.1) is 23.8 Å². The highest BCUT2D eigenvalue weighted by Gasteiger charge is 2.14. The third-order valence-electron chi connectivity index (χ3n) is 5.02. The average molecular weight is 468 g/mol. The second kappa shape index (κ2) is 10.2. The Morgan fingerprint density at radius 1 is 1.03 bits per heavy atom. The van der Waals surface area contributed by atoms with Crippen LogP contribution in [0.2, 0.25) is 0 Å². The molecule has 3 N–H and O–H groups in total. The number of benzene rings is 3. The molecule has 0 atom stereocenters. The summed E-state index contributed by atoms with van der Waals surface area (Å²) in [6.07, 6.45) is 1.39. The van der Waals surface area contributed by atoms with Crippen LogP contribution in [0.15, 0.2) is 70.7 Å². The fraction of sp³-hybridized carbons (Fsp3) is 0.167. The molecule has 172 valence electrons. The molecule has 0 saturated carbocycles. The van der Waals surface area contributed by atoms with Crippen molar-refractivity contribution in [2.75, 3.05) is 7.11 Å². The number of hydrogen-bond donors (Lipinski definition) is 2. The van der Waals surface area contributed by atoms with E-state index in [2.05, 4.69) is 9.93 Å². The van der Waals surface area contributed by atoms with Gasteiger partial charge in [-0.15, -0.1) is 0 Å². The first kappa shape index (κ1) is 23.8. The van der Waals surface area contributed by atoms with Gasteiger partial charge in [-0.1, -0.05) is 18.2 Å². The lowest BCUT2D eigenvalue weighted by Crippen LogP contribution is -2.18. The molecule has 1 amide bonds. The molecule has 0 fully saturated rings. The highest BCUT2D eigenvalue weighted by Crippen LogP contribution is 2.24. The number of methoxy groups -OCH3 is 1. The number of hydrogen-bond acceptors (Lipinski definition) is 6. The van der Waals surface area contributed by atoms with Crippen LogP contribution in [-0.4, -0.2) is 27.6 Å². The highest BCUT2D eigenvalue weighted by molar-refractivity contribution is 7.89. The summed E-state index contributed by atoms with van der Waals surface area (Å²) in [6, 6.07) is 16.8. The van der Waals surface area contributed by atoms with Gasteiger partial charge in [-0.3, -0.25) is 4.79 Å². The number of hydrazone groups is 1. The molecule has 0 heterocycles. The number of sulfonamides is 1. The van der Waals surface area contributed by atoms with E-state index in [0.29, 0.717) is 22.6 Å². The topological polar surface area (TPSA) is 120 Å². The first-order valence-electron chi connectivity index (χ1n) is 10.0. The van der Waals surface area contributed by atoms with Crippen LogP contribution < -0.4 is 20.0 Å². The molecular weight excluding hydrogens is 442 g/mol. The minimum Gasteiger partial charge on any atom is -0.496 e. The Morgan fingerprint density at radius 2 is 1.79 bits per heavy atom. The summed E-state index contributed by atoms with van der Waals surface area (Å²) in [6.45, 7) is 3.86. The Bertz CT molecular complexity index is 1300. The van der Waals surface area contributed by atoms with Crippen molar-refractivity contribution in [1.29, 1.82) is 0 Å². The van der Waals surface area contributed by atoms with Gasteiger partial charge in [0.1, 0.15) is 18.1 Å². The van der Waals surface area contributed by atoms with Gasteiger partial charge in [-0.2, -0.15) is 13.5 Å². The molecule has 0 aliphatic carbocycles. The van der Waals surface area contributed by atoms with Crippen LogP contribution in [0.3, 0.4) is 0 Å². The normalized spacial score (nSPS) is 11.4. The van der Waals surface area contributed by atoms with Gasteiger partial charge in [-0.05, 0) is 73.0 Å². The monoisotopic (exact) mass is 467 g/mol. The molecule has 9 heteroatoms. The molecule has 3 rings (SSSR count). The number of nitrogens with two attached hydrogens (primary N) is 1. The van der Waals surface area contributed by atoms with E-state index in [9.17, 15) is 13.2 Å². The van der Waals surface area contributed by atoms with Crippen molar-refractivity contribution in [1.82, 2.24) is 4.83 Å². The van der Waals surface area contributed by atoms with Crippen LogP contribution in [0.1, 0.15) is 32.6 Å². The molecule has 0 unspecified atom stereocenters. The maximum Gasteiger partial charge on any atom is 0.276 e. The molecule has 0 bridgehead atoms. The minimum atomic E-state index is -3.79. The summed E-state index contributed by atoms with van der Waals surface area (Å²) >= 11 is 0. The summed E-state index contributed by atoms with van der Waals surface area (Å²) in [7, 11) is -2.26.